The van der Waals surface area contributed by atoms with Crippen molar-refractivity contribution in [3.8, 4) is 11.3 Å². The molecule has 1 aromatic heterocycles. The molecule has 7 heteroatoms. The molecule has 1 heterocycles. The van der Waals surface area contributed by atoms with Crippen LogP contribution in [0.15, 0.2) is 24.4 Å². The molecule has 20 heavy (non-hydrogen) atoms. The van der Waals surface area contributed by atoms with Crippen molar-refractivity contribution in [3.63, 3.8) is 0 Å². The molecule has 0 radical (unpaired) electrons. The second-order valence-corrected chi connectivity index (χ2v) is 5.11. The number of benzene rings is 1. The SMILES string of the molecule is O=C(O)Cc1ccnc(-c2c(Cl)ccc(Cl)c2Cl)c1F. The molecule has 0 saturated carbocycles. The average Bonchev–Trinajstić information content (AvgIpc) is 2.38. The molecule has 3 nitrogen and oxygen atoms in total. The summed E-state index contributed by atoms with van der Waals surface area (Å²) >= 11 is 17.9. The zero-order valence-corrected chi connectivity index (χ0v) is 12.1. The number of carbonyl (C=O) groups is 1. The largest absolute Gasteiger partial charge is 0.481 e. The van der Waals surface area contributed by atoms with E-state index in [9.17, 15) is 9.18 Å². The number of aliphatic carboxylic acids is 1. The molecule has 0 aliphatic rings. The Morgan fingerprint density at radius 1 is 1.20 bits per heavy atom. The summed E-state index contributed by atoms with van der Waals surface area (Å²) in [5.41, 5.74) is 0.0152. The first-order valence-corrected chi connectivity index (χ1v) is 6.54. The molecule has 1 aromatic carbocycles. The molecule has 0 fully saturated rings. The summed E-state index contributed by atoms with van der Waals surface area (Å²) in [4.78, 5) is 14.6. The third-order valence-corrected chi connectivity index (χ3v) is 3.71. The van der Waals surface area contributed by atoms with Crippen molar-refractivity contribution >= 4 is 40.8 Å². The molecule has 0 atom stereocenters. The molecule has 2 aromatic rings. The monoisotopic (exact) mass is 333 g/mol. The summed E-state index contributed by atoms with van der Waals surface area (Å²) < 4.78 is 14.3. The van der Waals surface area contributed by atoms with E-state index < -0.39 is 18.2 Å². The smallest absolute Gasteiger partial charge is 0.307 e. The normalized spacial score (nSPS) is 10.6. The Balaban J connectivity index is 2.65. The van der Waals surface area contributed by atoms with Gasteiger partial charge in [-0.3, -0.25) is 9.78 Å². The zero-order chi connectivity index (χ0) is 14.9. The quantitative estimate of drug-likeness (QED) is 0.842. The van der Waals surface area contributed by atoms with E-state index in [0.29, 0.717) is 0 Å². The Bertz CT molecular complexity index is 692. The lowest BCUT2D eigenvalue weighted by Gasteiger charge is -2.10. The summed E-state index contributed by atoms with van der Waals surface area (Å²) in [6.45, 7) is 0. The summed E-state index contributed by atoms with van der Waals surface area (Å²) in [6, 6.07) is 4.24. The van der Waals surface area contributed by atoms with Crippen molar-refractivity contribution in [3.05, 3.63) is 50.8 Å². The van der Waals surface area contributed by atoms with E-state index in [1.165, 1.54) is 24.4 Å². The minimum atomic E-state index is -1.15. The van der Waals surface area contributed by atoms with Crippen molar-refractivity contribution in [2.24, 2.45) is 0 Å². The first kappa shape index (κ1) is 15.0. The van der Waals surface area contributed by atoms with Crippen LogP contribution in [-0.2, 0) is 11.2 Å². The number of aromatic nitrogens is 1. The van der Waals surface area contributed by atoms with Crippen LogP contribution in [0.3, 0.4) is 0 Å². The number of hydrogen-bond donors (Lipinski definition) is 1. The topological polar surface area (TPSA) is 50.2 Å². The highest BCUT2D eigenvalue weighted by molar-refractivity contribution is 6.46. The molecule has 0 aliphatic heterocycles. The van der Waals surface area contributed by atoms with Gasteiger partial charge in [0.2, 0.25) is 0 Å². The third-order valence-electron chi connectivity index (χ3n) is 2.59. The average molecular weight is 335 g/mol. The molecular formula is C13H7Cl3FNO2. The number of pyridine rings is 1. The fourth-order valence-electron chi connectivity index (χ4n) is 1.70. The molecular weight excluding hydrogens is 328 g/mol. The van der Waals surface area contributed by atoms with Gasteiger partial charge in [0.05, 0.1) is 21.5 Å². The van der Waals surface area contributed by atoms with Crippen LogP contribution in [0.2, 0.25) is 15.1 Å². The van der Waals surface area contributed by atoms with Gasteiger partial charge in [0.15, 0.2) is 5.82 Å². The van der Waals surface area contributed by atoms with Crippen molar-refractivity contribution < 1.29 is 14.3 Å². The minimum absolute atomic E-state index is 0.00499. The number of hydrogen-bond acceptors (Lipinski definition) is 2. The molecule has 0 amide bonds. The van der Waals surface area contributed by atoms with Gasteiger partial charge in [0, 0.05) is 17.3 Å². The molecule has 0 spiro atoms. The van der Waals surface area contributed by atoms with Gasteiger partial charge in [0.1, 0.15) is 5.69 Å². The Labute approximate surface area is 128 Å². The zero-order valence-electron chi connectivity index (χ0n) is 9.83. The fraction of sp³-hybridized carbons (Fsp3) is 0.0769. The van der Waals surface area contributed by atoms with E-state index in [4.69, 9.17) is 39.9 Å². The molecule has 0 bridgehead atoms. The summed E-state index contributed by atoms with van der Waals surface area (Å²) in [6.07, 6.45) is 0.835. The van der Waals surface area contributed by atoms with Gasteiger partial charge in [-0.15, -0.1) is 0 Å². The van der Waals surface area contributed by atoms with Crippen molar-refractivity contribution in [2.45, 2.75) is 6.42 Å². The highest BCUT2D eigenvalue weighted by atomic mass is 35.5. The predicted molar refractivity (Wildman–Crippen MR) is 76.0 cm³/mol. The maximum absolute atomic E-state index is 14.3. The van der Waals surface area contributed by atoms with E-state index >= 15 is 0 Å². The molecule has 0 unspecified atom stereocenters. The number of nitrogens with zero attached hydrogens (tertiary/aromatic N) is 1. The van der Waals surface area contributed by atoms with Crippen LogP contribution in [-0.4, -0.2) is 16.1 Å². The van der Waals surface area contributed by atoms with Gasteiger partial charge in [-0.1, -0.05) is 34.8 Å². The highest BCUT2D eigenvalue weighted by Gasteiger charge is 2.19. The van der Waals surface area contributed by atoms with Crippen molar-refractivity contribution in [1.29, 1.82) is 0 Å². The molecule has 1 N–H and O–H groups in total. The van der Waals surface area contributed by atoms with E-state index in [1.54, 1.807) is 0 Å². The molecule has 0 saturated heterocycles. The lowest BCUT2D eigenvalue weighted by molar-refractivity contribution is -0.136. The van der Waals surface area contributed by atoms with Gasteiger partial charge in [-0.2, -0.15) is 0 Å². The maximum atomic E-state index is 14.3. The van der Waals surface area contributed by atoms with Gasteiger partial charge < -0.3 is 5.11 Å². The van der Waals surface area contributed by atoms with E-state index in [0.717, 1.165) is 0 Å². The van der Waals surface area contributed by atoms with Crippen LogP contribution in [0, 0.1) is 5.82 Å². The number of rotatable bonds is 3. The molecule has 2 rings (SSSR count). The summed E-state index contributed by atoms with van der Waals surface area (Å²) in [7, 11) is 0. The molecule has 0 aliphatic carbocycles. The number of carboxylic acids is 1. The Kier molecular flexibility index (Phi) is 4.48. The van der Waals surface area contributed by atoms with Crippen LogP contribution in [0.4, 0.5) is 4.39 Å². The lowest BCUT2D eigenvalue weighted by atomic mass is 10.1. The first-order valence-electron chi connectivity index (χ1n) is 5.41. The van der Waals surface area contributed by atoms with Crippen LogP contribution in [0.25, 0.3) is 11.3 Å². The number of halogens is 4. The van der Waals surface area contributed by atoms with E-state index in [1.807, 2.05) is 0 Å². The van der Waals surface area contributed by atoms with E-state index in [-0.39, 0.29) is 31.9 Å². The lowest BCUT2D eigenvalue weighted by Crippen LogP contribution is -2.04. The van der Waals surface area contributed by atoms with Gasteiger partial charge in [0.25, 0.3) is 0 Å². The number of carboxylic acid groups (broad SMARTS) is 1. The summed E-state index contributed by atoms with van der Waals surface area (Å²) in [5, 5.41) is 9.20. The Morgan fingerprint density at radius 3 is 2.50 bits per heavy atom. The maximum Gasteiger partial charge on any atom is 0.307 e. The first-order chi connectivity index (χ1) is 9.41. The van der Waals surface area contributed by atoms with Crippen molar-refractivity contribution in [2.75, 3.05) is 0 Å². The standard InChI is InChI=1S/C13H7Cl3FNO2/c14-7-1-2-8(15)11(16)10(7)13-12(17)6(3-4-18-13)5-9(19)20/h1-4H,5H2,(H,19,20). The van der Waals surface area contributed by atoms with Crippen molar-refractivity contribution in [1.82, 2.24) is 4.98 Å². The van der Waals surface area contributed by atoms with Gasteiger partial charge >= 0.3 is 5.97 Å². The van der Waals surface area contributed by atoms with Crippen LogP contribution >= 0.6 is 34.8 Å². The second kappa shape index (κ2) is 5.95. The van der Waals surface area contributed by atoms with Crippen LogP contribution in [0.1, 0.15) is 5.56 Å². The van der Waals surface area contributed by atoms with Gasteiger partial charge in [-0.25, -0.2) is 4.39 Å². The highest BCUT2D eigenvalue weighted by Crippen LogP contribution is 2.39. The summed E-state index contributed by atoms with van der Waals surface area (Å²) in [5.74, 6) is -1.93. The predicted octanol–water partition coefficient (Wildman–Crippen LogP) is 4.48. The Hall–Kier alpha value is -1.36. The Morgan fingerprint density at radius 2 is 1.85 bits per heavy atom. The third kappa shape index (κ3) is 2.87. The van der Waals surface area contributed by atoms with Crippen LogP contribution < -0.4 is 0 Å². The van der Waals surface area contributed by atoms with Crippen LogP contribution in [0.5, 0.6) is 0 Å². The second-order valence-electron chi connectivity index (χ2n) is 3.92. The molecule has 104 valence electrons. The minimum Gasteiger partial charge on any atom is -0.481 e. The fourth-order valence-corrected chi connectivity index (χ4v) is 2.41. The van der Waals surface area contributed by atoms with E-state index in [2.05, 4.69) is 4.98 Å². The van der Waals surface area contributed by atoms with Gasteiger partial charge in [-0.05, 0) is 18.2 Å².